The smallest absolute Gasteiger partial charge is 0.269 e. The van der Waals surface area contributed by atoms with Gasteiger partial charge >= 0.3 is 0 Å². The van der Waals surface area contributed by atoms with Crippen LogP contribution in [-0.2, 0) is 24.8 Å². The van der Waals surface area contributed by atoms with E-state index in [2.05, 4.69) is 25.5 Å². The zero-order valence-electron chi connectivity index (χ0n) is 19.9. The SMILES string of the molecule is Cc1ccc(S(=O)(=O)n2ccc3nc(NNC(=O)C4CC(NS(=O)(=O)C5CC5)CC4C)cnc32)cc1. The minimum absolute atomic E-state index is 0.00767. The molecule has 1 amide bonds. The molecule has 0 saturated heterocycles. The molecular weight excluding hydrogens is 504 g/mol. The van der Waals surface area contributed by atoms with E-state index < -0.39 is 20.0 Å². The Hall–Kier alpha value is -3.03. The minimum Gasteiger partial charge on any atom is -0.281 e. The van der Waals surface area contributed by atoms with Gasteiger partial charge in [0.2, 0.25) is 15.9 Å². The molecule has 2 fully saturated rings. The molecule has 2 saturated carbocycles. The van der Waals surface area contributed by atoms with Crippen LogP contribution in [-0.4, -0.2) is 48.0 Å². The summed E-state index contributed by atoms with van der Waals surface area (Å²) in [7, 11) is -7.15. The van der Waals surface area contributed by atoms with Gasteiger partial charge in [0.25, 0.3) is 10.0 Å². The summed E-state index contributed by atoms with van der Waals surface area (Å²) in [5.74, 6) is -0.370. The monoisotopic (exact) mass is 532 g/mol. The molecule has 0 radical (unpaired) electrons. The number of rotatable bonds is 8. The van der Waals surface area contributed by atoms with E-state index in [1.807, 2.05) is 13.8 Å². The number of hydrogen-bond donors (Lipinski definition) is 3. The molecule has 1 aromatic carbocycles. The van der Waals surface area contributed by atoms with Crippen molar-refractivity contribution in [3.63, 3.8) is 0 Å². The predicted octanol–water partition coefficient (Wildman–Crippen LogP) is 1.92. The van der Waals surface area contributed by atoms with Gasteiger partial charge in [-0.25, -0.2) is 35.5 Å². The second-order valence-corrected chi connectivity index (χ2v) is 13.4. The zero-order chi connectivity index (χ0) is 25.7. The van der Waals surface area contributed by atoms with Gasteiger partial charge in [0, 0.05) is 18.2 Å². The molecule has 3 unspecified atom stereocenters. The first-order chi connectivity index (χ1) is 17.0. The maximum Gasteiger partial charge on any atom is 0.269 e. The molecule has 3 aromatic rings. The second kappa shape index (κ2) is 9.12. The van der Waals surface area contributed by atoms with E-state index in [9.17, 15) is 21.6 Å². The number of benzene rings is 1. The third kappa shape index (κ3) is 4.82. The van der Waals surface area contributed by atoms with Crippen LogP contribution in [0.1, 0.15) is 38.2 Å². The zero-order valence-corrected chi connectivity index (χ0v) is 21.5. The number of sulfonamides is 1. The third-order valence-electron chi connectivity index (χ3n) is 6.76. The number of carbonyl (C=O) groups excluding carboxylic acids is 1. The fourth-order valence-corrected chi connectivity index (χ4v) is 7.50. The van der Waals surface area contributed by atoms with Crippen LogP contribution in [0.3, 0.4) is 0 Å². The Morgan fingerprint density at radius 2 is 1.78 bits per heavy atom. The standard InChI is InChI=1S/C23H28N6O5S2/c1-14-3-5-18(6-4-14)36(33,34)29-10-9-20-22(29)24-13-21(25-20)26-27-23(30)19-12-16(11-15(19)2)28-35(31,32)17-7-8-17/h3-6,9-10,13,15-17,19,28H,7-8,11-12H2,1-2H3,(H,25,26)(H,27,30). The summed E-state index contributed by atoms with van der Waals surface area (Å²) in [5, 5.41) is -0.294. The number of anilines is 1. The topological polar surface area (TPSA) is 152 Å². The van der Waals surface area contributed by atoms with Crippen molar-refractivity contribution < 1.29 is 21.6 Å². The number of nitrogens with one attached hydrogen (secondary N) is 3. The maximum atomic E-state index is 13.0. The fraction of sp³-hybridized carbons (Fsp3) is 0.435. The van der Waals surface area contributed by atoms with Gasteiger partial charge in [-0.15, -0.1) is 0 Å². The molecule has 2 aliphatic carbocycles. The second-order valence-electron chi connectivity index (χ2n) is 9.62. The van der Waals surface area contributed by atoms with Crippen molar-refractivity contribution in [3.8, 4) is 0 Å². The first kappa shape index (κ1) is 24.7. The largest absolute Gasteiger partial charge is 0.281 e. The number of nitrogens with zero attached hydrogens (tertiary/aromatic N) is 3. The van der Waals surface area contributed by atoms with Crippen LogP contribution in [0.25, 0.3) is 11.2 Å². The van der Waals surface area contributed by atoms with Gasteiger partial charge in [0.15, 0.2) is 11.5 Å². The quantitative estimate of drug-likeness (QED) is 0.372. The van der Waals surface area contributed by atoms with E-state index in [0.717, 1.165) is 9.54 Å². The summed E-state index contributed by atoms with van der Waals surface area (Å²) in [4.78, 5) is 21.5. The number of aryl methyl sites for hydroxylation is 1. The molecule has 3 N–H and O–H groups in total. The van der Waals surface area contributed by atoms with Crippen molar-refractivity contribution in [1.82, 2.24) is 24.1 Å². The third-order valence-corrected chi connectivity index (χ3v) is 10.5. The van der Waals surface area contributed by atoms with Crippen LogP contribution < -0.4 is 15.6 Å². The van der Waals surface area contributed by atoms with E-state index in [0.29, 0.717) is 31.2 Å². The summed E-state index contributed by atoms with van der Waals surface area (Å²) >= 11 is 0. The van der Waals surface area contributed by atoms with Crippen LogP contribution in [0.4, 0.5) is 5.82 Å². The lowest BCUT2D eigenvalue weighted by molar-refractivity contribution is -0.125. The highest BCUT2D eigenvalue weighted by Crippen LogP contribution is 2.34. The Bertz CT molecular complexity index is 1510. The molecule has 5 rings (SSSR count). The summed E-state index contributed by atoms with van der Waals surface area (Å²) < 4.78 is 54.3. The molecule has 192 valence electrons. The van der Waals surface area contributed by atoms with E-state index in [1.54, 1.807) is 24.3 Å². The molecule has 2 aliphatic rings. The first-order valence-electron chi connectivity index (χ1n) is 11.8. The lowest BCUT2D eigenvalue weighted by Crippen LogP contribution is -2.38. The van der Waals surface area contributed by atoms with Gasteiger partial charge in [-0.05, 0) is 56.7 Å². The van der Waals surface area contributed by atoms with Gasteiger partial charge in [-0.2, -0.15) is 0 Å². The number of aromatic nitrogens is 3. The lowest BCUT2D eigenvalue weighted by Gasteiger charge is -2.16. The first-order valence-corrected chi connectivity index (χ1v) is 14.8. The minimum atomic E-state index is -3.84. The van der Waals surface area contributed by atoms with Gasteiger partial charge in [0.1, 0.15) is 5.52 Å². The van der Waals surface area contributed by atoms with Crippen LogP contribution in [0.15, 0.2) is 47.6 Å². The molecule has 2 heterocycles. The van der Waals surface area contributed by atoms with Crippen molar-refractivity contribution >= 4 is 42.9 Å². The molecule has 13 heteroatoms. The Labute approximate surface area is 209 Å². The maximum absolute atomic E-state index is 13.0. The van der Waals surface area contributed by atoms with Crippen LogP contribution >= 0.6 is 0 Å². The normalized spacial score (nSPS) is 22.6. The van der Waals surface area contributed by atoms with Crippen molar-refractivity contribution in [1.29, 1.82) is 0 Å². The molecule has 2 aromatic heterocycles. The van der Waals surface area contributed by atoms with Gasteiger partial charge in [0.05, 0.1) is 16.3 Å². The Morgan fingerprint density at radius 1 is 1.06 bits per heavy atom. The summed E-state index contributed by atoms with van der Waals surface area (Å²) in [6.45, 7) is 3.81. The van der Waals surface area contributed by atoms with E-state index in [1.165, 1.54) is 18.5 Å². The number of amides is 1. The number of carbonyl (C=O) groups is 1. The molecule has 36 heavy (non-hydrogen) atoms. The average molecular weight is 533 g/mol. The van der Waals surface area contributed by atoms with E-state index >= 15 is 0 Å². The molecule has 11 nitrogen and oxygen atoms in total. The number of fused-ring (bicyclic) bond motifs is 1. The van der Waals surface area contributed by atoms with Crippen molar-refractivity contribution in [2.45, 2.75) is 55.7 Å². The lowest BCUT2D eigenvalue weighted by atomic mass is 9.98. The van der Waals surface area contributed by atoms with Crippen LogP contribution in [0.2, 0.25) is 0 Å². The summed E-state index contributed by atoms with van der Waals surface area (Å²) in [5.41, 5.74) is 6.83. The molecule has 0 bridgehead atoms. The van der Waals surface area contributed by atoms with Crippen LogP contribution in [0, 0.1) is 18.8 Å². The highest BCUT2D eigenvalue weighted by atomic mass is 32.2. The fourth-order valence-electron chi connectivity index (χ4n) is 4.60. The Kier molecular flexibility index (Phi) is 6.25. The summed E-state index contributed by atoms with van der Waals surface area (Å²) in [6, 6.07) is 7.82. The molecule has 0 spiro atoms. The Morgan fingerprint density at radius 3 is 2.47 bits per heavy atom. The van der Waals surface area contributed by atoms with Crippen molar-refractivity contribution in [2.75, 3.05) is 5.43 Å². The van der Waals surface area contributed by atoms with E-state index in [4.69, 9.17) is 0 Å². The number of hydrazine groups is 1. The van der Waals surface area contributed by atoms with Crippen LogP contribution in [0.5, 0.6) is 0 Å². The van der Waals surface area contributed by atoms with Crippen molar-refractivity contribution in [2.24, 2.45) is 11.8 Å². The Balaban J connectivity index is 1.24. The van der Waals surface area contributed by atoms with E-state index in [-0.39, 0.29) is 45.4 Å². The predicted molar refractivity (Wildman–Crippen MR) is 134 cm³/mol. The molecule has 3 atom stereocenters. The highest BCUT2D eigenvalue weighted by Gasteiger charge is 2.42. The molecular formula is C23H28N6O5S2. The summed E-state index contributed by atoms with van der Waals surface area (Å²) in [6.07, 6.45) is 5.14. The molecule has 0 aliphatic heterocycles. The van der Waals surface area contributed by atoms with Gasteiger partial charge in [-0.3, -0.25) is 15.6 Å². The average Bonchev–Trinajstić information content (AvgIpc) is 3.52. The number of hydrogen-bond acceptors (Lipinski definition) is 8. The van der Waals surface area contributed by atoms with Crippen molar-refractivity contribution in [3.05, 3.63) is 48.3 Å². The van der Waals surface area contributed by atoms with Gasteiger partial charge in [-0.1, -0.05) is 24.6 Å². The van der Waals surface area contributed by atoms with Gasteiger partial charge < -0.3 is 0 Å². The highest BCUT2D eigenvalue weighted by molar-refractivity contribution is 7.90.